The first-order valence-electron chi connectivity index (χ1n) is 4.76. The Bertz CT molecular complexity index is 311. The molecule has 0 saturated carbocycles. The van der Waals surface area contributed by atoms with E-state index in [1.54, 1.807) is 27.3 Å². The van der Waals surface area contributed by atoms with Crippen molar-refractivity contribution in [3.05, 3.63) is 23.8 Å². The average Bonchev–Trinajstić information content (AvgIpc) is 2.31. The second-order valence-electron chi connectivity index (χ2n) is 3.13. The lowest BCUT2D eigenvalue weighted by Gasteiger charge is -2.17. The highest BCUT2D eigenvalue weighted by atomic mass is 16.5. The summed E-state index contributed by atoms with van der Waals surface area (Å²) in [5.74, 6) is 1.45. The summed E-state index contributed by atoms with van der Waals surface area (Å²) in [4.78, 5) is 0. The van der Waals surface area contributed by atoms with E-state index < -0.39 is 0 Å². The monoisotopic (exact) mass is 211 g/mol. The number of methoxy groups -OCH3 is 2. The third kappa shape index (κ3) is 2.61. The summed E-state index contributed by atoms with van der Waals surface area (Å²) in [6.45, 7) is 0.0270. The van der Waals surface area contributed by atoms with Crippen molar-refractivity contribution in [3.8, 4) is 11.5 Å². The van der Waals surface area contributed by atoms with E-state index in [0.29, 0.717) is 5.75 Å². The first kappa shape index (κ1) is 11.8. The molecule has 0 amide bonds. The van der Waals surface area contributed by atoms with Gasteiger partial charge in [0.05, 0.1) is 26.9 Å². The van der Waals surface area contributed by atoms with Crippen molar-refractivity contribution in [1.29, 1.82) is 0 Å². The SMILES string of the molecule is CNC(CO)c1ccc(OC)cc1OC. The van der Waals surface area contributed by atoms with E-state index in [0.717, 1.165) is 11.3 Å². The van der Waals surface area contributed by atoms with Gasteiger partial charge in [-0.05, 0) is 19.2 Å². The Balaban J connectivity index is 3.06. The Labute approximate surface area is 89.8 Å². The van der Waals surface area contributed by atoms with Crippen LogP contribution >= 0.6 is 0 Å². The van der Waals surface area contributed by atoms with Gasteiger partial charge < -0.3 is 19.9 Å². The summed E-state index contributed by atoms with van der Waals surface area (Å²) in [5.41, 5.74) is 0.920. The van der Waals surface area contributed by atoms with E-state index in [2.05, 4.69) is 5.32 Å². The zero-order valence-electron chi connectivity index (χ0n) is 9.28. The summed E-state index contributed by atoms with van der Waals surface area (Å²) in [5, 5.41) is 12.2. The van der Waals surface area contributed by atoms with Crippen LogP contribution in [0.3, 0.4) is 0 Å². The topological polar surface area (TPSA) is 50.7 Å². The lowest BCUT2D eigenvalue weighted by Crippen LogP contribution is -2.20. The van der Waals surface area contributed by atoms with Crippen LogP contribution in [0, 0.1) is 0 Å². The normalized spacial score (nSPS) is 12.3. The molecule has 4 heteroatoms. The van der Waals surface area contributed by atoms with Gasteiger partial charge in [0.2, 0.25) is 0 Å². The number of rotatable bonds is 5. The number of hydrogen-bond acceptors (Lipinski definition) is 4. The molecule has 0 aromatic heterocycles. The molecule has 15 heavy (non-hydrogen) atoms. The van der Waals surface area contributed by atoms with Crippen LogP contribution in [-0.2, 0) is 0 Å². The number of aliphatic hydroxyl groups excluding tert-OH is 1. The van der Waals surface area contributed by atoms with Crippen LogP contribution < -0.4 is 14.8 Å². The summed E-state index contributed by atoms with van der Waals surface area (Å²) in [6, 6.07) is 5.41. The summed E-state index contributed by atoms with van der Waals surface area (Å²) in [6.07, 6.45) is 0. The van der Waals surface area contributed by atoms with Crippen molar-refractivity contribution in [3.63, 3.8) is 0 Å². The number of aliphatic hydroxyl groups is 1. The van der Waals surface area contributed by atoms with Crippen LogP contribution in [0.4, 0.5) is 0 Å². The molecule has 0 aliphatic carbocycles. The van der Waals surface area contributed by atoms with Gasteiger partial charge in [0.15, 0.2) is 0 Å². The van der Waals surface area contributed by atoms with E-state index in [1.165, 1.54) is 0 Å². The summed E-state index contributed by atoms with van der Waals surface area (Å²) in [7, 11) is 5.00. The minimum Gasteiger partial charge on any atom is -0.497 e. The predicted octanol–water partition coefficient (Wildman–Crippen LogP) is 0.957. The molecule has 0 aliphatic heterocycles. The van der Waals surface area contributed by atoms with Gasteiger partial charge in [-0.1, -0.05) is 0 Å². The smallest absolute Gasteiger partial charge is 0.127 e. The van der Waals surface area contributed by atoms with Crippen molar-refractivity contribution in [2.75, 3.05) is 27.9 Å². The van der Waals surface area contributed by atoms with Crippen LogP contribution in [0.15, 0.2) is 18.2 Å². The van der Waals surface area contributed by atoms with Crippen LogP contribution in [0.5, 0.6) is 11.5 Å². The molecule has 1 aromatic carbocycles. The van der Waals surface area contributed by atoms with Gasteiger partial charge in [-0.2, -0.15) is 0 Å². The quantitative estimate of drug-likeness (QED) is 0.761. The van der Waals surface area contributed by atoms with E-state index in [4.69, 9.17) is 9.47 Å². The molecular formula is C11H17NO3. The lowest BCUT2D eigenvalue weighted by atomic mass is 10.1. The van der Waals surface area contributed by atoms with Crippen LogP contribution in [0.25, 0.3) is 0 Å². The van der Waals surface area contributed by atoms with Gasteiger partial charge >= 0.3 is 0 Å². The summed E-state index contributed by atoms with van der Waals surface area (Å²) >= 11 is 0. The minimum absolute atomic E-state index is 0.0270. The maximum absolute atomic E-state index is 9.18. The third-order valence-corrected chi connectivity index (χ3v) is 2.35. The van der Waals surface area contributed by atoms with Crippen LogP contribution in [-0.4, -0.2) is 33.0 Å². The third-order valence-electron chi connectivity index (χ3n) is 2.35. The molecular weight excluding hydrogens is 194 g/mol. The first-order chi connectivity index (χ1) is 7.26. The molecule has 1 aromatic rings. The average molecular weight is 211 g/mol. The molecule has 1 atom stereocenters. The standard InChI is InChI=1S/C11H17NO3/c1-12-10(7-13)9-5-4-8(14-2)6-11(9)15-3/h4-6,10,12-13H,7H2,1-3H3. The maximum Gasteiger partial charge on any atom is 0.127 e. The fourth-order valence-electron chi connectivity index (χ4n) is 1.45. The number of hydrogen-bond donors (Lipinski definition) is 2. The van der Waals surface area contributed by atoms with Crippen molar-refractivity contribution in [2.24, 2.45) is 0 Å². The molecule has 84 valence electrons. The highest BCUT2D eigenvalue weighted by Crippen LogP contribution is 2.28. The van der Waals surface area contributed by atoms with E-state index in [1.807, 2.05) is 12.1 Å². The van der Waals surface area contributed by atoms with Crippen molar-refractivity contribution in [1.82, 2.24) is 5.32 Å². The Morgan fingerprint density at radius 3 is 2.53 bits per heavy atom. The van der Waals surface area contributed by atoms with Gasteiger partial charge in [-0.25, -0.2) is 0 Å². The van der Waals surface area contributed by atoms with Gasteiger partial charge in [0.25, 0.3) is 0 Å². The van der Waals surface area contributed by atoms with Gasteiger partial charge in [0.1, 0.15) is 11.5 Å². The van der Waals surface area contributed by atoms with Gasteiger partial charge in [-0.15, -0.1) is 0 Å². The molecule has 1 rings (SSSR count). The number of nitrogens with one attached hydrogen (secondary N) is 1. The molecule has 0 bridgehead atoms. The van der Waals surface area contributed by atoms with E-state index >= 15 is 0 Å². The molecule has 0 radical (unpaired) electrons. The number of ether oxygens (including phenoxy) is 2. The summed E-state index contributed by atoms with van der Waals surface area (Å²) < 4.78 is 10.3. The van der Waals surface area contributed by atoms with Gasteiger partial charge in [0, 0.05) is 11.6 Å². The molecule has 2 N–H and O–H groups in total. The van der Waals surface area contributed by atoms with Crippen molar-refractivity contribution >= 4 is 0 Å². The lowest BCUT2D eigenvalue weighted by molar-refractivity contribution is 0.247. The Kier molecular flexibility index (Phi) is 4.39. The van der Waals surface area contributed by atoms with E-state index in [9.17, 15) is 5.11 Å². The Morgan fingerprint density at radius 1 is 1.33 bits per heavy atom. The Morgan fingerprint density at radius 2 is 2.07 bits per heavy atom. The molecule has 4 nitrogen and oxygen atoms in total. The first-order valence-corrected chi connectivity index (χ1v) is 4.76. The maximum atomic E-state index is 9.18. The fourth-order valence-corrected chi connectivity index (χ4v) is 1.45. The van der Waals surface area contributed by atoms with Crippen LogP contribution in [0.1, 0.15) is 11.6 Å². The highest BCUT2D eigenvalue weighted by molar-refractivity contribution is 5.42. The van der Waals surface area contributed by atoms with Crippen LogP contribution in [0.2, 0.25) is 0 Å². The van der Waals surface area contributed by atoms with E-state index in [-0.39, 0.29) is 12.6 Å². The molecule has 0 spiro atoms. The number of likely N-dealkylation sites (N-methyl/N-ethyl adjacent to an activating group) is 1. The molecule has 0 heterocycles. The second kappa shape index (κ2) is 5.58. The minimum atomic E-state index is -0.120. The number of benzene rings is 1. The predicted molar refractivity (Wildman–Crippen MR) is 58.4 cm³/mol. The zero-order chi connectivity index (χ0) is 11.3. The van der Waals surface area contributed by atoms with Gasteiger partial charge in [-0.3, -0.25) is 0 Å². The van der Waals surface area contributed by atoms with Crippen molar-refractivity contribution < 1.29 is 14.6 Å². The van der Waals surface area contributed by atoms with Crippen molar-refractivity contribution in [2.45, 2.75) is 6.04 Å². The second-order valence-corrected chi connectivity index (χ2v) is 3.13. The molecule has 0 aliphatic rings. The molecule has 1 unspecified atom stereocenters. The highest BCUT2D eigenvalue weighted by Gasteiger charge is 2.13. The largest absolute Gasteiger partial charge is 0.497 e. The fraction of sp³-hybridized carbons (Fsp3) is 0.455. The molecule has 0 saturated heterocycles. The zero-order valence-corrected chi connectivity index (χ0v) is 9.28. The molecule has 0 fully saturated rings. The Hall–Kier alpha value is -1.26.